The van der Waals surface area contributed by atoms with Crippen molar-refractivity contribution in [3.05, 3.63) is 211 Å². The fourth-order valence-electron chi connectivity index (χ4n) is 9.08. The van der Waals surface area contributed by atoms with Crippen LogP contribution in [0, 0.1) is 0 Å². The van der Waals surface area contributed by atoms with Crippen LogP contribution in [0.15, 0.2) is 200 Å². The predicted molar refractivity (Wildman–Crippen MR) is 245 cm³/mol. The third kappa shape index (κ3) is 5.59. The second-order valence-electron chi connectivity index (χ2n) is 15.8. The first kappa shape index (κ1) is 33.6. The Bertz CT molecular complexity index is 3130. The van der Waals surface area contributed by atoms with Gasteiger partial charge in [-0.15, -0.1) is 11.3 Å². The smallest absolute Gasteiger partial charge is 0.0475 e. The summed E-state index contributed by atoms with van der Waals surface area (Å²) in [6.45, 7) is 4.73. The van der Waals surface area contributed by atoms with E-state index in [1.54, 1.807) is 0 Å². The van der Waals surface area contributed by atoms with Gasteiger partial charge in [0.2, 0.25) is 0 Å². The molecule has 0 saturated heterocycles. The Kier molecular flexibility index (Phi) is 7.77. The lowest BCUT2D eigenvalue weighted by molar-refractivity contribution is 0.660. The van der Waals surface area contributed by atoms with Crippen LogP contribution in [-0.4, -0.2) is 0 Å². The van der Waals surface area contributed by atoms with Crippen molar-refractivity contribution in [1.29, 1.82) is 0 Å². The van der Waals surface area contributed by atoms with E-state index in [0.717, 1.165) is 17.1 Å². The average Bonchev–Trinajstić information content (AvgIpc) is 3.75. The van der Waals surface area contributed by atoms with Crippen LogP contribution in [0.5, 0.6) is 0 Å². The Hall–Kier alpha value is -6.74. The van der Waals surface area contributed by atoms with Crippen molar-refractivity contribution in [2.45, 2.75) is 19.3 Å². The van der Waals surface area contributed by atoms with Gasteiger partial charge >= 0.3 is 0 Å². The van der Waals surface area contributed by atoms with E-state index in [0.29, 0.717) is 0 Å². The zero-order valence-electron chi connectivity index (χ0n) is 31.9. The van der Waals surface area contributed by atoms with Gasteiger partial charge in [-0.2, -0.15) is 0 Å². The van der Waals surface area contributed by atoms with E-state index < -0.39 is 0 Å². The van der Waals surface area contributed by atoms with Gasteiger partial charge in [0, 0.05) is 48.2 Å². The van der Waals surface area contributed by atoms with Gasteiger partial charge in [-0.1, -0.05) is 166 Å². The Labute approximate surface area is 337 Å². The summed E-state index contributed by atoms with van der Waals surface area (Å²) in [5, 5.41) is 5.08. The fourth-order valence-corrected chi connectivity index (χ4v) is 10.3. The van der Waals surface area contributed by atoms with Gasteiger partial charge in [-0.3, -0.25) is 0 Å². The van der Waals surface area contributed by atoms with Gasteiger partial charge < -0.3 is 4.90 Å². The average molecular weight is 746 g/mol. The number of benzene rings is 9. The fraction of sp³-hybridized carbons (Fsp3) is 0.0545. The highest BCUT2D eigenvalue weighted by molar-refractivity contribution is 7.26. The van der Waals surface area contributed by atoms with E-state index in [-0.39, 0.29) is 5.41 Å². The molecule has 270 valence electrons. The maximum absolute atomic E-state index is 2.47. The van der Waals surface area contributed by atoms with Crippen molar-refractivity contribution in [2.24, 2.45) is 0 Å². The molecule has 57 heavy (non-hydrogen) atoms. The molecule has 0 radical (unpaired) electrons. The largest absolute Gasteiger partial charge is 0.310 e. The first-order valence-corrected chi connectivity index (χ1v) is 20.6. The lowest BCUT2D eigenvalue weighted by Crippen LogP contribution is -2.16. The van der Waals surface area contributed by atoms with E-state index in [1.807, 2.05) is 11.3 Å². The molecule has 1 aliphatic rings. The van der Waals surface area contributed by atoms with Gasteiger partial charge in [-0.25, -0.2) is 0 Å². The summed E-state index contributed by atoms with van der Waals surface area (Å²) in [5.41, 5.74) is 16.0. The molecule has 0 aliphatic heterocycles. The van der Waals surface area contributed by atoms with Gasteiger partial charge in [0.15, 0.2) is 0 Å². The molecule has 1 nitrogen and oxygen atoms in total. The SMILES string of the molecule is CC1(C)c2ccccc2-c2ccc(N(c3ccc(-c4ccc(-c5ccccc5)cc4)cc3)c3cc(-c4ccc5ccccc5c4)c4sc5ccccc5c4c3)cc21. The molecular formula is C55H39NS. The van der Waals surface area contributed by atoms with Crippen LogP contribution in [0.1, 0.15) is 25.0 Å². The summed E-state index contributed by atoms with van der Waals surface area (Å²) < 4.78 is 2.62. The monoisotopic (exact) mass is 745 g/mol. The van der Waals surface area contributed by atoms with E-state index in [9.17, 15) is 0 Å². The summed E-state index contributed by atoms with van der Waals surface area (Å²) >= 11 is 1.89. The molecule has 0 bridgehead atoms. The van der Waals surface area contributed by atoms with Crippen LogP contribution < -0.4 is 4.90 Å². The Morgan fingerprint density at radius 3 is 1.75 bits per heavy atom. The zero-order valence-corrected chi connectivity index (χ0v) is 32.7. The van der Waals surface area contributed by atoms with E-state index in [2.05, 4.69) is 219 Å². The van der Waals surface area contributed by atoms with Crippen LogP contribution in [0.4, 0.5) is 17.1 Å². The normalized spacial score (nSPS) is 12.9. The minimum atomic E-state index is -0.118. The molecular weight excluding hydrogens is 707 g/mol. The van der Waals surface area contributed by atoms with Crippen molar-refractivity contribution in [3.8, 4) is 44.5 Å². The highest BCUT2D eigenvalue weighted by atomic mass is 32.1. The second kappa shape index (κ2) is 13.2. The molecule has 1 aliphatic carbocycles. The summed E-state index contributed by atoms with van der Waals surface area (Å²) in [5.74, 6) is 0. The van der Waals surface area contributed by atoms with E-state index in [4.69, 9.17) is 0 Å². The molecule has 0 fully saturated rings. The number of fused-ring (bicyclic) bond motifs is 7. The molecule has 0 N–H and O–H groups in total. The Morgan fingerprint density at radius 2 is 0.965 bits per heavy atom. The summed E-state index contributed by atoms with van der Waals surface area (Å²) in [7, 11) is 0. The molecule has 0 spiro atoms. The molecule has 1 aromatic heterocycles. The number of hydrogen-bond acceptors (Lipinski definition) is 2. The quantitative estimate of drug-likeness (QED) is 0.164. The summed E-state index contributed by atoms with van der Waals surface area (Å²) in [6.07, 6.45) is 0. The molecule has 1 heterocycles. The molecule has 11 rings (SSSR count). The molecule has 0 amide bonds. The lowest BCUT2D eigenvalue weighted by Gasteiger charge is -2.29. The number of rotatable bonds is 6. The van der Waals surface area contributed by atoms with Crippen molar-refractivity contribution < 1.29 is 0 Å². The molecule has 10 aromatic rings. The minimum Gasteiger partial charge on any atom is -0.310 e. The Morgan fingerprint density at radius 1 is 0.368 bits per heavy atom. The highest BCUT2D eigenvalue weighted by Gasteiger charge is 2.35. The van der Waals surface area contributed by atoms with Crippen LogP contribution in [0.2, 0.25) is 0 Å². The van der Waals surface area contributed by atoms with Crippen molar-refractivity contribution in [2.75, 3.05) is 4.90 Å². The van der Waals surface area contributed by atoms with Gasteiger partial charge in [-0.05, 0) is 109 Å². The first-order valence-electron chi connectivity index (χ1n) is 19.7. The molecule has 0 saturated carbocycles. The zero-order chi connectivity index (χ0) is 38.1. The van der Waals surface area contributed by atoms with Crippen LogP contribution in [-0.2, 0) is 5.41 Å². The number of anilines is 3. The van der Waals surface area contributed by atoms with Gasteiger partial charge in [0.1, 0.15) is 0 Å². The van der Waals surface area contributed by atoms with Crippen molar-refractivity contribution >= 4 is 59.3 Å². The van der Waals surface area contributed by atoms with Gasteiger partial charge in [0.05, 0.1) is 0 Å². The Balaban J connectivity index is 1.10. The predicted octanol–water partition coefficient (Wildman–Crippen LogP) is 16.0. The van der Waals surface area contributed by atoms with E-state index in [1.165, 1.54) is 86.6 Å². The number of hydrogen-bond donors (Lipinski definition) is 0. The van der Waals surface area contributed by atoms with Crippen molar-refractivity contribution in [3.63, 3.8) is 0 Å². The third-order valence-corrected chi connectivity index (χ3v) is 13.3. The van der Waals surface area contributed by atoms with Crippen LogP contribution in [0.25, 0.3) is 75.5 Å². The van der Waals surface area contributed by atoms with Crippen LogP contribution >= 0.6 is 11.3 Å². The minimum absolute atomic E-state index is 0.118. The highest BCUT2D eigenvalue weighted by Crippen LogP contribution is 2.52. The topological polar surface area (TPSA) is 3.24 Å². The molecule has 0 unspecified atom stereocenters. The molecule has 2 heteroatoms. The summed E-state index contributed by atoms with van der Waals surface area (Å²) in [4.78, 5) is 2.47. The molecule has 9 aromatic carbocycles. The maximum Gasteiger partial charge on any atom is 0.0475 e. The number of nitrogens with zero attached hydrogens (tertiary/aromatic N) is 1. The third-order valence-electron chi connectivity index (χ3n) is 12.1. The maximum atomic E-state index is 2.47. The van der Waals surface area contributed by atoms with Crippen LogP contribution in [0.3, 0.4) is 0 Å². The van der Waals surface area contributed by atoms with Crippen molar-refractivity contribution in [1.82, 2.24) is 0 Å². The van der Waals surface area contributed by atoms with E-state index >= 15 is 0 Å². The second-order valence-corrected chi connectivity index (χ2v) is 16.8. The molecule has 0 atom stereocenters. The number of thiophene rings is 1. The first-order chi connectivity index (χ1) is 28.0. The standard InChI is InChI=1S/C55H39NS/c1-55(2)51-18-10-8-16-46(51)47-31-30-44(35-52(47)55)56(43-28-26-40(27-29-43)39-22-20-38(21-23-39)36-12-4-3-5-13-36)45-33-49(42-25-24-37-14-6-7-15-41(37)32-42)54-50(34-45)48-17-9-11-19-53(48)57-54/h3-35H,1-2H3. The summed E-state index contributed by atoms with van der Waals surface area (Å²) in [6, 6.07) is 73.9. The lowest BCUT2D eigenvalue weighted by atomic mass is 9.82. The van der Waals surface area contributed by atoms with Gasteiger partial charge in [0.25, 0.3) is 0 Å².